The van der Waals surface area contributed by atoms with Gasteiger partial charge in [-0.15, -0.1) is 0 Å². The largest absolute Gasteiger partial charge is 0.356 e. The molecule has 1 unspecified atom stereocenters. The Bertz CT molecular complexity index is 423. The van der Waals surface area contributed by atoms with E-state index in [1.54, 1.807) is 0 Å². The average Bonchev–Trinajstić information content (AvgIpc) is 2.38. The van der Waals surface area contributed by atoms with Crippen LogP contribution in [0.2, 0.25) is 0 Å². The second kappa shape index (κ2) is 6.21. The van der Waals surface area contributed by atoms with E-state index in [0.29, 0.717) is 10.7 Å². The molecule has 1 fully saturated rings. The van der Waals surface area contributed by atoms with Crippen LogP contribution in [0.4, 0.5) is 5.82 Å². The quantitative estimate of drug-likeness (QED) is 0.789. The molecule has 1 aromatic rings. The van der Waals surface area contributed by atoms with Crippen LogP contribution >= 0.6 is 15.9 Å². The molecule has 1 aliphatic rings. The highest BCUT2D eigenvalue weighted by Crippen LogP contribution is 2.28. The number of anilines is 1. The van der Waals surface area contributed by atoms with Crippen molar-refractivity contribution in [3.8, 4) is 0 Å². The third kappa shape index (κ3) is 3.68. The van der Waals surface area contributed by atoms with Crippen LogP contribution in [0.1, 0.15) is 51.0 Å². The lowest BCUT2D eigenvalue weighted by molar-refractivity contribution is 0.405. The average molecular weight is 326 g/mol. The van der Waals surface area contributed by atoms with Gasteiger partial charge in [0.2, 0.25) is 0 Å². The molecule has 0 aromatic carbocycles. The zero-order valence-electron chi connectivity index (χ0n) is 12.4. The van der Waals surface area contributed by atoms with Gasteiger partial charge in [-0.3, -0.25) is 0 Å². The summed E-state index contributed by atoms with van der Waals surface area (Å²) in [6.45, 7) is 10.8. The van der Waals surface area contributed by atoms with E-state index in [4.69, 9.17) is 4.98 Å². The van der Waals surface area contributed by atoms with E-state index in [2.05, 4.69) is 59.6 Å². The summed E-state index contributed by atoms with van der Waals surface area (Å²) in [5.41, 5.74) is 1.07. The Hall–Kier alpha value is -0.640. The summed E-state index contributed by atoms with van der Waals surface area (Å²) >= 11 is 3.71. The van der Waals surface area contributed by atoms with Gasteiger partial charge < -0.3 is 4.90 Å². The highest BCUT2D eigenvalue weighted by molar-refractivity contribution is 9.09. The number of hydrogen-bond donors (Lipinski definition) is 0. The third-order valence-electron chi connectivity index (χ3n) is 3.89. The molecule has 1 atom stereocenters. The number of rotatable bonds is 3. The molecule has 2 heterocycles. The first-order valence-corrected chi connectivity index (χ1v) is 8.13. The fraction of sp³-hybridized carbons (Fsp3) is 0.733. The normalized spacial score (nSPS) is 18.9. The minimum absolute atomic E-state index is 0.388. The summed E-state index contributed by atoms with van der Waals surface area (Å²) in [6, 6.07) is 2.11. The predicted molar refractivity (Wildman–Crippen MR) is 84.2 cm³/mol. The summed E-state index contributed by atoms with van der Waals surface area (Å²) in [5, 5.41) is 0. The zero-order chi connectivity index (χ0) is 14.0. The topological polar surface area (TPSA) is 29.0 Å². The summed E-state index contributed by atoms with van der Waals surface area (Å²) in [5.74, 6) is 3.25. The molecule has 1 saturated heterocycles. The maximum Gasteiger partial charge on any atom is 0.133 e. The second-order valence-electron chi connectivity index (χ2n) is 5.88. The molecule has 0 saturated carbocycles. The van der Waals surface area contributed by atoms with Gasteiger partial charge in [0.25, 0.3) is 0 Å². The first kappa shape index (κ1) is 14.8. The van der Waals surface area contributed by atoms with Gasteiger partial charge in [-0.05, 0) is 25.7 Å². The first-order valence-electron chi connectivity index (χ1n) is 7.22. The van der Waals surface area contributed by atoms with Crippen LogP contribution in [-0.2, 0) is 0 Å². The summed E-state index contributed by atoms with van der Waals surface area (Å²) in [7, 11) is 0. The predicted octanol–water partition coefficient (Wildman–Crippen LogP) is 3.91. The Balaban J connectivity index is 2.11. The molecular weight excluding hydrogens is 302 g/mol. The van der Waals surface area contributed by atoms with Crippen molar-refractivity contribution >= 4 is 21.7 Å². The molecule has 3 nitrogen and oxygen atoms in total. The van der Waals surface area contributed by atoms with Crippen molar-refractivity contribution in [2.24, 2.45) is 5.92 Å². The molecule has 19 heavy (non-hydrogen) atoms. The lowest BCUT2D eigenvalue weighted by atomic mass is 9.94. The molecule has 0 aliphatic carbocycles. The van der Waals surface area contributed by atoms with E-state index >= 15 is 0 Å². The Labute approximate surface area is 125 Å². The summed E-state index contributed by atoms with van der Waals surface area (Å²) in [6.07, 6.45) is 2.49. The molecule has 0 spiro atoms. The van der Waals surface area contributed by atoms with Crippen molar-refractivity contribution in [3.05, 3.63) is 17.6 Å². The van der Waals surface area contributed by atoms with Crippen LogP contribution in [0.25, 0.3) is 0 Å². The number of aromatic nitrogens is 2. The van der Waals surface area contributed by atoms with E-state index < -0.39 is 0 Å². The number of nitrogens with zero attached hydrogens (tertiary/aromatic N) is 3. The van der Waals surface area contributed by atoms with Crippen LogP contribution in [0, 0.1) is 12.8 Å². The van der Waals surface area contributed by atoms with Crippen LogP contribution in [-0.4, -0.2) is 27.9 Å². The van der Waals surface area contributed by atoms with Gasteiger partial charge in [-0.25, -0.2) is 9.97 Å². The number of hydrogen-bond acceptors (Lipinski definition) is 3. The van der Waals surface area contributed by atoms with Crippen molar-refractivity contribution < 1.29 is 0 Å². The van der Waals surface area contributed by atoms with Crippen molar-refractivity contribution in [1.29, 1.82) is 0 Å². The molecule has 2 rings (SSSR count). The SMILES string of the molecule is Cc1cc(N2CCC(C(C)Br)CC2)nc(C(C)C)n1. The summed E-state index contributed by atoms with van der Waals surface area (Å²) in [4.78, 5) is 12.3. The molecule has 0 radical (unpaired) electrons. The first-order chi connectivity index (χ1) is 8.97. The maximum atomic E-state index is 4.73. The van der Waals surface area contributed by atoms with E-state index in [1.807, 2.05) is 0 Å². The highest BCUT2D eigenvalue weighted by atomic mass is 79.9. The number of halogens is 1. The van der Waals surface area contributed by atoms with Gasteiger partial charge in [-0.2, -0.15) is 0 Å². The van der Waals surface area contributed by atoms with Crippen molar-refractivity contribution in [2.75, 3.05) is 18.0 Å². The van der Waals surface area contributed by atoms with Gasteiger partial charge in [0.1, 0.15) is 11.6 Å². The number of piperidine rings is 1. The maximum absolute atomic E-state index is 4.73. The van der Waals surface area contributed by atoms with Gasteiger partial charge in [0.05, 0.1) is 0 Å². The lowest BCUT2D eigenvalue weighted by Crippen LogP contribution is -2.36. The van der Waals surface area contributed by atoms with Gasteiger partial charge in [0, 0.05) is 35.6 Å². The molecule has 4 heteroatoms. The smallest absolute Gasteiger partial charge is 0.133 e. The third-order valence-corrected chi connectivity index (χ3v) is 4.64. The Kier molecular flexibility index (Phi) is 4.82. The zero-order valence-corrected chi connectivity index (χ0v) is 13.9. The number of alkyl halides is 1. The molecule has 0 amide bonds. The van der Waals surface area contributed by atoms with Crippen LogP contribution in [0.15, 0.2) is 6.07 Å². The van der Waals surface area contributed by atoms with Gasteiger partial charge in [0.15, 0.2) is 0 Å². The van der Waals surface area contributed by atoms with E-state index in [-0.39, 0.29) is 0 Å². The Morgan fingerprint density at radius 3 is 2.37 bits per heavy atom. The summed E-state index contributed by atoms with van der Waals surface area (Å²) < 4.78 is 0. The van der Waals surface area contributed by atoms with Crippen molar-refractivity contribution in [2.45, 2.75) is 51.3 Å². The number of aryl methyl sites for hydroxylation is 1. The van der Waals surface area contributed by atoms with Gasteiger partial charge in [-0.1, -0.05) is 36.7 Å². The van der Waals surface area contributed by atoms with E-state index in [1.165, 1.54) is 12.8 Å². The lowest BCUT2D eigenvalue weighted by Gasteiger charge is -2.34. The second-order valence-corrected chi connectivity index (χ2v) is 7.33. The fourth-order valence-electron chi connectivity index (χ4n) is 2.58. The van der Waals surface area contributed by atoms with Crippen molar-refractivity contribution in [1.82, 2.24) is 9.97 Å². The van der Waals surface area contributed by atoms with Gasteiger partial charge >= 0.3 is 0 Å². The monoisotopic (exact) mass is 325 g/mol. The van der Waals surface area contributed by atoms with E-state index in [0.717, 1.165) is 36.3 Å². The highest BCUT2D eigenvalue weighted by Gasteiger charge is 2.23. The van der Waals surface area contributed by atoms with Crippen molar-refractivity contribution in [3.63, 3.8) is 0 Å². The molecule has 0 N–H and O–H groups in total. The Morgan fingerprint density at radius 2 is 1.84 bits per heavy atom. The van der Waals surface area contributed by atoms with Crippen LogP contribution in [0.5, 0.6) is 0 Å². The minimum Gasteiger partial charge on any atom is -0.356 e. The molecule has 0 bridgehead atoms. The molecule has 106 valence electrons. The Morgan fingerprint density at radius 1 is 1.21 bits per heavy atom. The minimum atomic E-state index is 0.388. The van der Waals surface area contributed by atoms with E-state index in [9.17, 15) is 0 Å². The molecular formula is C15H24BrN3. The van der Waals surface area contributed by atoms with Crippen LogP contribution < -0.4 is 4.90 Å². The standard InChI is InChI=1S/C15H24BrN3/c1-10(2)15-17-11(3)9-14(18-15)19-7-5-13(6-8-19)12(4)16/h9-10,12-13H,5-8H2,1-4H3. The fourth-order valence-corrected chi connectivity index (χ4v) is 3.11. The molecule has 1 aromatic heterocycles. The molecule has 1 aliphatic heterocycles. The van der Waals surface area contributed by atoms with Crippen LogP contribution in [0.3, 0.4) is 0 Å².